The lowest BCUT2D eigenvalue weighted by atomic mass is 10.0. The Morgan fingerprint density at radius 1 is 1.33 bits per heavy atom. The Morgan fingerprint density at radius 2 is 2.12 bits per heavy atom. The topological polar surface area (TPSA) is 76.4 Å². The standard InChI is InChI=1S/C18H23N3O3/c1-12(2)16-10-14(24-21-16)11-19-18(22)20-15-8-9-23-17(15)13-6-4-3-5-7-13/h3-7,10,12,15,17H,8-9,11H2,1-2H3,(H2,19,20,22)/t15-,17+/m1/s1. The molecule has 0 radical (unpaired) electrons. The van der Waals surface area contributed by atoms with Gasteiger partial charge in [0, 0.05) is 12.7 Å². The van der Waals surface area contributed by atoms with Crippen LogP contribution in [0.5, 0.6) is 0 Å². The van der Waals surface area contributed by atoms with Crippen molar-refractivity contribution in [1.29, 1.82) is 0 Å². The third-order valence-electron chi connectivity index (χ3n) is 4.13. The van der Waals surface area contributed by atoms with Crippen molar-refractivity contribution in [1.82, 2.24) is 15.8 Å². The van der Waals surface area contributed by atoms with Crippen molar-refractivity contribution in [2.45, 2.75) is 44.9 Å². The van der Waals surface area contributed by atoms with Crippen molar-refractivity contribution in [2.24, 2.45) is 0 Å². The van der Waals surface area contributed by atoms with Crippen molar-refractivity contribution < 1.29 is 14.1 Å². The highest BCUT2D eigenvalue weighted by molar-refractivity contribution is 5.74. The van der Waals surface area contributed by atoms with Gasteiger partial charge in [-0.2, -0.15) is 0 Å². The molecule has 0 unspecified atom stereocenters. The minimum Gasteiger partial charge on any atom is -0.371 e. The number of carbonyl (C=O) groups is 1. The molecule has 1 aliphatic heterocycles. The molecule has 2 N–H and O–H groups in total. The zero-order chi connectivity index (χ0) is 16.9. The number of nitrogens with zero attached hydrogens (tertiary/aromatic N) is 1. The van der Waals surface area contributed by atoms with E-state index in [1.165, 1.54) is 0 Å². The van der Waals surface area contributed by atoms with Crippen LogP contribution in [-0.4, -0.2) is 23.8 Å². The molecular weight excluding hydrogens is 306 g/mol. The summed E-state index contributed by atoms with van der Waals surface area (Å²) in [5.41, 5.74) is 1.97. The Bertz CT molecular complexity index is 669. The number of rotatable bonds is 5. The first-order valence-electron chi connectivity index (χ1n) is 8.30. The second kappa shape index (κ2) is 7.49. The second-order valence-electron chi connectivity index (χ2n) is 6.30. The molecule has 6 nitrogen and oxygen atoms in total. The van der Waals surface area contributed by atoms with E-state index in [1.54, 1.807) is 0 Å². The van der Waals surface area contributed by atoms with Crippen molar-refractivity contribution in [3.05, 3.63) is 53.4 Å². The van der Waals surface area contributed by atoms with Gasteiger partial charge in [0.1, 0.15) is 6.10 Å². The summed E-state index contributed by atoms with van der Waals surface area (Å²) >= 11 is 0. The molecule has 2 heterocycles. The second-order valence-corrected chi connectivity index (χ2v) is 6.30. The molecule has 1 fully saturated rings. The quantitative estimate of drug-likeness (QED) is 0.883. The van der Waals surface area contributed by atoms with Crippen molar-refractivity contribution >= 4 is 6.03 Å². The molecule has 1 aromatic carbocycles. The fourth-order valence-electron chi connectivity index (χ4n) is 2.78. The first-order valence-corrected chi connectivity index (χ1v) is 8.30. The first kappa shape index (κ1) is 16.5. The van der Waals surface area contributed by atoms with Gasteiger partial charge >= 0.3 is 6.03 Å². The lowest BCUT2D eigenvalue weighted by Crippen LogP contribution is -2.43. The molecule has 24 heavy (non-hydrogen) atoms. The smallest absolute Gasteiger partial charge is 0.315 e. The van der Waals surface area contributed by atoms with Gasteiger partial charge in [0.2, 0.25) is 0 Å². The van der Waals surface area contributed by atoms with Crippen LogP contribution in [0.1, 0.15) is 49.3 Å². The Morgan fingerprint density at radius 3 is 2.83 bits per heavy atom. The molecule has 1 saturated heterocycles. The summed E-state index contributed by atoms with van der Waals surface area (Å²) < 4.78 is 11.0. The number of hydrogen-bond acceptors (Lipinski definition) is 4. The summed E-state index contributed by atoms with van der Waals surface area (Å²) in [5.74, 6) is 0.953. The first-order chi connectivity index (χ1) is 11.6. The van der Waals surface area contributed by atoms with Gasteiger partial charge in [-0.1, -0.05) is 49.3 Å². The lowest BCUT2D eigenvalue weighted by molar-refractivity contribution is 0.0999. The van der Waals surface area contributed by atoms with Crippen LogP contribution in [0.4, 0.5) is 4.79 Å². The highest BCUT2D eigenvalue weighted by Gasteiger charge is 2.30. The average molecular weight is 329 g/mol. The highest BCUT2D eigenvalue weighted by atomic mass is 16.5. The van der Waals surface area contributed by atoms with E-state index in [0.29, 0.717) is 24.8 Å². The Labute approximate surface area is 141 Å². The van der Waals surface area contributed by atoms with E-state index >= 15 is 0 Å². The van der Waals surface area contributed by atoms with Gasteiger partial charge in [-0.3, -0.25) is 0 Å². The fraction of sp³-hybridized carbons (Fsp3) is 0.444. The summed E-state index contributed by atoms with van der Waals surface area (Å²) in [6.07, 6.45) is 0.696. The van der Waals surface area contributed by atoms with Crippen molar-refractivity contribution in [3.63, 3.8) is 0 Å². The predicted octanol–water partition coefficient (Wildman–Crippen LogP) is 3.13. The van der Waals surface area contributed by atoms with Crippen LogP contribution in [0.25, 0.3) is 0 Å². The summed E-state index contributed by atoms with van der Waals surface area (Å²) in [4.78, 5) is 12.2. The minimum absolute atomic E-state index is 0.0339. The monoisotopic (exact) mass is 329 g/mol. The van der Waals surface area contributed by atoms with Crippen LogP contribution >= 0.6 is 0 Å². The Hall–Kier alpha value is -2.34. The van der Waals surface area contributed by atoms with Gasteiger partial charge < -0.3 is 19.9 Å². The van der Waals surface area contributed by atoms with E-state index in [1.807, 2.05) is 50.2 Å². The lowest BCUT2D eigenvalue weighted by Gasteiger charge is -2.20. The fourth-order valence-corrected chi connectivity index (χ4v) is 2.78. The van der Waals surface area contributed by atoms with E-state index in [-0.39, 0.29) is 18.2 Å². The molecule has 6 heteroatoms. The molecule has 0 spiro atoms. The number of aromatic nitrogens is 1. The average Bonchev–Trinajstić information content (AvgIpc) is 3.23. The molecule has 0 saturated carbocycles. The van der Waals surface area contributed by atoms with Crippen LogP contribution in [0, 0.1) is 0 Å². The largest absolute Gasteiger partial charge is 0.371 e. The van der Waals surface area contributed by atoms with Crippen molar-refractivity contribution in [2.75, 3.05) is 6.61 Å². The predicted molar refractivity (Wildman–Crippen MR) is 89.5 cm³/mol. The zero-order valence-electron chi connectivity index (χ0n) is 14.0. The van der Waals surface area contributed by atoms with Crippen molar-refractivity contribution in [3.8, 4) is 0 Å². The SMILES string of the molecule is CC(C)c1cc(CNC(=O)N[C@@H]2CCO[C@H]2c2ccccc2)on1. The third kappa shape index (κ3) is 3.94. The molecule has 1 aromatic heterocycles. The number of amides is 2. The number of ether oxygens (including phenoxy) is 1. The summed E-state index contributed by atoms with van der Waals surface area (Å²) in [6.45, 7) is 5.05. The molecule has 0 aliphatic carbocycles. The molecule has 2 atom stereocenters. The summed E-state index contributed by atoms with van der Waals surface area (Å²) in [5, 5.41) is 9.78. The van der Waals surface area contributed by atoms with Crippen LogP contribution in [0.15, 0.2) is 40.9 Å². The maximum Gasteiger partial charge on any atom is 0.315 e. The van der Waals surface area contributed by atoms with Gasteiger partial charge in [0.15, 0.2) is 5.76 Å². The number of nitrogens with one attached hydrogen (secondary N) is 2. The Balaban J connectivity index is 1.52. The number of urea groups is 1. The van der Waals surface area contributed by atoms with Gasteiger partial charge in [-0.05, 0) is 17.9 Å². The van der Waals surface area contributed by atoms with E-state index in [4.69, 9.17) is 9.26 Å². The molecule has 2 aromatic rings. The maximum absolute atomic E-state index is 12.2. The van der Waals surface area contributed by atoms with E-state index in [9.17, 15) is 4.79 Å². The van der Waals surface area contributed by atoms with Gasteiger partial charge in [0.25, 0.3) is 0 Å². The highest BCUT2D eigenvalue weighted by Crippen LogP contribution is 2.28. The van der Waals surface area contributed by atoms with Crippen LogP contribution in [-0.2, 0) is 11.3 Å². The number of hydrogen-bond donors (Lipinski definition) is 2. The minimum atomic E-state index is -0.228. The van der Waals surface area contributed by atoms with Crippen LogP contribution in [0.2, 0.25) is 0 Å². The molecule has 3 rings (SSSR count). The molecule has 1 aliphatic rings. The van der Waals surface area contributed by atoms with E-state index in [2.05, 4.69) is 15.8 Å². The zero-order valence-corrected chi connectivity index (χ0v) is 14.0. The molecule has 2 amide bonds. The molecule has 128 valence electrons. The summed E-state index contributed by atoms with van der Waals surface area (Å²) in [7, 11) is 0. The molecule has 0 bridgehead atoms. The number of carbonyl (C=O) groups excluding carboxylic acids is 1. The maximum atomic E-state index is 12.2. The van der Waals surface area contributed by atoms with Crippen LogP contribution < -0.4 is 10.6 Å². The molecular formula is C18H23N3O3. The number of benzene rings is 1. The van der Waals surface area contributed by atoms with Gasteiger partial charge in [-0.15, -0.1) is 0 Å². The van der Waals surface area contributed by atoms with E-state index in [0.717, 1.165) is 17.7 Å². The normalized spacial score (nSPS) is 20.3. The third-order valence-corrected chi connectivity index (χ3v) is 4.13. The Kier molecular flexibility index (Phi) is 5.15. The summed E-state index contributed by atoms with van der Waals surface area (Å²) in [6, 6.07) is 11.6. The van der Waals surface area contributed by atoms with Crippen LogP contribution in [0.3, 0.4) is 0 Å². The van der Waals surface area contributed by atoms with E-state index < -0.39 is 0 Å². The van der Waals surface area contributed by atoms with Gasteiger partial charge in [0.05, 0.1) is 18.3 Å². The van der Waals surface area contributed by atoms with Gasteiger partial charge in [-0.25, -0.2) is 4.79 Å².